The normalized spacial score (nSPS) is 22.7. The third-order valence-electron chi connectivity index (χ3n) is 4.39. The van der Waals surface area contributed by atoms with Gasteiger partial charge >= 0.3 is 0 Å². The third kappa shape index (κ3) is 3.77. The van der Waals surface area contributed by atoms with Gasteiger partial charge in [-0.3, -0.25) is 0 Å². The van der Waals surface area contributed by atoms with E-state index in [0.717, 1.165) is 24.0 Å². The van der Waals surface area contributed by atoms with Crippen molar-refractivity contribution in [2.24, 2.45) is 5.92 Å². The fourth-order valence-corrected chi connectivity index (χ4v) is 3.89. The van der Waals surface area contributed by atoms with E-state index in [1.165, 1.54) is 4.31 Å². The van der Waals surface area contributed by atoms with Gasteiger partial charge in [0.1, 0.15) is 0 Å². The molecule has 0 saturated heterocycles. The highest BCUT2D eigenvalue weighted by atomic mass is 32.2. The Morgan fingerprint density at radius 1 is 1.27 bits per heavy atom. The van der Waals surface area contributed by atoms with Gasteiger partial charge in [-0.05, 0) is 49.8 Å². The Balaban J connectivity index is 2.04. The summed E-state index contributed by atoms with van der Waals surface area (Å²) in [7, 11) is -1.87. The molecule has 1 aliphatic rings. The van der Waals surface area contributed by atoms with Crippen LogP contribution in [0.5, 0.6) is 0 Å². The fourth-order valence-electron chi connectivity index (χ4n) is 2.72. The lowest BCUT2D eigenvalue weighted by Crippen LogP contribution is -2.31. The summed E-state index contributed by atoms with van der Waals surface area (Å²) >= 11 is 0. The lowest BCUT2D eigenvalue weighted by atomic mass is 9.86. The maximum Gasteiger partial charge on any atom is 0.242 e. The number of allylic oxidation sites excluding steroid dienone is 1. The zero-order valence-corrected chi connectivity index (χ0v) is 14.3. The van der Waals surface area contributed by atoms with E-state index >= 15 is 0 Å². The van der Waals surface area contributed by atoms with Gasteiger partial charge in [-0.15, -0.1) is 0 Å². The zero-order chi connectivity index (χ0) is 16.3. The first-order chi connectivity index (χ1) is 10.3. The van der Waals surface area contributed by atoms with E-state index in [2.05, 4.69) is 6.08 Å². The number of rotatable bonds is 5. The summed E-state index contributed by atoms with van der Waals surface area (Å²) in [6.07, 6.45) is 4.14. The van der Waals surface area contributed by atoms with E-state index in [1.54, 1.807) is 31.3 Å². The highest BCUT2D eigenvalue weighted by Gasteiger charge is 2.25. The van der Waals surface area contributed by atoms with Crippen LogP contribution in [0.4, 0.5) is 0 Å². The van der Waals surface area contributed by atoms with Crippen LogP contribution in [-0.2, 0) is 10.0 Å². The van der Waals surface area contributed by atoms with Crippen LogP contribution in [0.2, 0.25) is 0 Å². The van der Waals surface area contributed by atoms with Crippen molar-refractivity contribution in [2.45, 2.75) is 44.1 Å². The number of hydrogen-bond acceptors (Lipinski definition) is 3. The molecule has 1 aliphatic carbocycles. The predicted molar refractivity (Wildman–Crippen MR) is 88.1 cm³/mol. The van der Waals surface area contributed by atoms with Crippen molar-refractivity contribution in [2.75, 3.05) is 13.6 Å². The Kier molecular flexibility index (Phi) is 5.42. The van der Waals surface area contributed by atoms with E-state index < -0.39 is 16.1 Å². The Labute approximate surface area is 133 Å². The molecular formula is C17H25NO3S. The van der Waals surface area contributed by atoms with Crippen molar-refractivity contribution < 1.29 is 13.5 Å². The molecule has 2 rings (SSSR count). The van der Waals surface area contributed by atoms with Gasteiger partial charge in [0.05, 0.1) is 11.0 Å². The van der Waals surface area contributed by atoms with Gasteiger partial charge in [0.2, 0.25) is 10.0 Å². The molecule has 1 N–H and O–H groups in total. The van der Waals surface area contributed by atoms with Crippen molar-refractivity contribution >= 4 is 10.0 Å². The minimum absolute atomic E-state index is 0.249. The Hall–Kier alpha value is -1.17. The van der Waals surface area contributed by atoms with Gasteiger partial charge in [0.15, 0.2) is 0 Å². The van der Waals surface area contributed by atoms with Crippen LogP contribution in [0.25, 0.3) is 0 Å². The Morgan fingerprint density at radius 2 is 1.91 bits per heavy atom. The van der Waals surface area contributed by atoms with Gasteiger partial charge in [0.25, 0.3) is 0 Å². The molecule has 5 heteroatoms. The van der Waals surface area contributed by atoms with Crippen LogP contribution >= 0.6 is 0 Å². The molecule has 1 aromatic carbocycles. The maximum absolute atomic E-state index is 12.5. The Bertz CT molecular complexity index is 634. The number of hydrogen-bond donors (Lipinski definition) is 1. The van der Waals surface area contributed by atoms with Crippen LogP contribution in [0.3, 0.4) is 0 Å². The quantitative estimate of drug-likeness (QED) is 0.848. The maximum atomic E-state index is 12.5. The van der Waals surface area contributed by atoms with Gasteiger partial charge in [-0.2, -0.15) is 0 Å². The topological polar surface area (TPSA) is 57.6 Å². The molecule has 0 heterocycles. The second-order valence-electron chi connectivity index (χ2n) is 6.17. The van der Waals surface area contributed by atoms with E-state index in [0.29, 0.717) is 17.9 Å². The third-order valence-corrected chi connectivity index (χ3v) is 6.26. The van der Waals surface area contributed by atoms with E-state index in [9.17, 15) is 13.5 Å². The molecule has 22 heavy (non-hydrogen) atoms. The molecule has 0 spiro atoms. The molecular weight excluding hydrogens is 298 g/mol. The number of benzene rings is 1. The van der Waals surface area contributed by atoms with Crippen LogP contribution < -0.4 is 0 Å². The molecule has 0 bridgehead atoms. The number of aliphatic hydroxyl groups excluding tert-OH is 1. The Morgan fingerprint density at radius 3 is 2.55 bits per heavy atom. The van der Waals surface area contributed by atoms with Crippen LogP contribution in [0, 0.1) is 12.8 Å². The first-order valence-electron chi connectivity index (χ1n) is 7.72. The average Bonchev–Trinajstić information content (AvgIpc) is 2.49. The first-order valence-corrected chi connectivity index (χ1v) is 9.16. The molecule has 1 aromatic rings. The van der Waals surface area contributed by atoms with Gasteiger partial charge in [-0.25, -0.2) is 12.7 Å². The summed E-state index contributed by atoms with van der Waals surface area (Å²) in [6.45, 7) is 4.34. The zero-order valence-electron chi connectivity index (χ0n) is 13.5. The average molecular weight is 323 g/mol. The highest BCUT2D eigenvalue weighted by molar-refractivity contribution is 7.89. The van der Waals surface area contributed by atoms with Crippen molar-refractivity contribution in [1.82, 2.24) is 4.31 Å². The van der Waals surface area contributed by atoms with Crippen molar-refractivity contribution in [3.8, 4) is 0 Å². The number of aryl methyl sites for hydroxylation is 1. The standard InChI is InChI=1S/C17H25NO3S/c1-13-7-9-16(10-8-13)22(20,21)18(3)12-11-15-6-4-5-14(2)17(15)19/h6-10,14,17,19H,4-5,11-12H2,1-3H3/t14-,17-/m0/s1. The number of nitrogens with zero attached hydrogens (tertiary/aromatic N) is 1. The summed E-state index contributed by atoms with van der Waals surface area (Å²) in [5.74, 6) is 0.249. The minimum Gasteiger partial charge on any atom is -0.388 e. The molecule has 0 saturated carbocycles. The molecule has 122 valence electrons. The lowest BCUT2D eigenvalue weighted by Gasteiger charge is -2.27. The number of aliphatic hydroxyl groups is 1. The van der Waals surface area contributed by atoms with Crippen molar-refractivity contribution in [3.63, 3.8) is 0 Å². The summed E-state index contributed by atoms with van der Waals surface area (Å²) in [5.41, 5.74) is 2.00. The van der Waals surface area contributed by atoms with Crippen molar-refractivity contribution in [1.29, 1.82) is 0 Å². The molecule has 2 atom stereocenters. The van der Waals surface area contributed by atoms with Crippen LogP contribution in [0.15, 0.2) is 40.8 Å². The van der Waals surface area contributed by atoms with Gasteiger partial charge < -0.3 is 5.11 Å². The lowest BCUT2D eigenvalue weighted by molar-refractivity contribution is 0.134. The molecule has 0 amide bonds. The molecule has 0 unspecified atom stereocenters. The SMILES string of the molecule is Cc1ccc(S(=O)(=O)N(C)CCC2=CCC[C@H](C)[C@@H]2O)cc1. The summed E-state index contributed by atoms with van der Waals surface area (Å²) < 4.78 is 26.4. The second kappa shape index (κ2) is 6.94. The minimum atomic E-state index is -3.46. The summed E-state index contributed by atoms with van der Waals surface area (Å²) in [5, 5.41) is 10.2. The monoisotopic (exact) mass is 323 g/mol. The largest absolute Gasteiger partial charge is 0.388 e. The van der Waals surface area contributed by atoms with Gasteiger partial charge in [0, 0.05) is 13.6 Å². The summed E-state index contributed by atoms with van der Waals surface area (Å²) in [4.78, 5) is 0.312. The first kappa shape index (κ1) is 17.2. The molecule has 0 radical (unpaired) electrons. The van der Waals surface area contributed by atoms with Gasteiger partial charge in [-0.1, -0.05) is 30.7 Å². The van der Waals surface area contributed by atoms with E-state index in [1.807, 2.05) is 13.8 Å². The molecule has 0 aliphatic heterocycles. The second-order valence-corrected chi connectivity index (χ2v) is 8.21. The predicted octanol–water partition coefficient (Wildman–Crippen LogP) is 2.72. The summed E-state index contributed by atoms with van der Waals surface area (Å²) in [6, 6.07) is 6.88. The van der Waals surface area contributed by atoms with Crippen molar-refractivity contribution in [3.05, 3.63) is 41.5 Å². The highest BCUT2D eigenvalue weighted by Crippen LogP contribution is 2.27. The van der Waals surface area contributed by atoms with Crippen LogP contribution in [-0.4, -0.2) is 37.5 Å². The molecule has 0 fully saturated rings. The smallest absolute Gasteiger partial charge is 0.242 e. The van der Waals surface area contributed by atoms with Crippen LogP contribution in [0.1, 0.15) is 31.7 Å². The van der Waals surface area contributed by atoms with E-state index in [4.69, 9.17) is 0 Å². The molecule has 0 aromatic heterocycles. The number of sulfonamides is 1. The van der Waals surface area contributed by atoms with E-state index in [-0.39, 0.29) is 5.92 Å². The molecule has 4 nitrogen and oxygen atoms in total. The fraction of sp³-hybridized carbons (Fsp3) is 0.529.